The summed E-state index contributed by atoms with van der Waals surface area (Å²) >= 11 is 1.49. The summed E-state index contributed by atoms with van der Waals surface area (Å²) in [5.74, 6) is 0. The number of ether oxygens (including phenoxy) is 1. The summed E-state index contributed by atoms with van der Waals surface area (Å²) in [6, 6.07) is 11.5. The number of hydrogen-bond acceptors (Lipinski definition) is 5. The van der Waals surface area contributed by atoms with E-state index in [2.05, 4.69) is 23.0 Å². The highest BCUT2D eigenvalue weighted by Gasteiger charge is 2.07. The lowest BCUT2D eigenvalue weighted by Crippen LogP contribution is -2.06. The molecule has 3 aromatic rings. The first-order chi connectivity index (χ1) is 11.8. The molecule has 0 N–H and O–H groups in total. The number of nitrogens with zero attached hydrogens (tertiary/aromatic N) is 2. The van der Waals surface area contributed by atoms with Crippen molar-refractivity contribution >= 4 is 21.4 Å². The molecule has 0 atom stereocenters. The molecule has 0 spiro atoms. The van der Waals surface area contributed by atoms with Gasteiger partial charge in [0, 0.05) is 24.1 Å². The van der Waals surface area contributed by atoms with Crippen molar-refractivity contribution in [3.8, 4) is 10.7 Å². The van der Waals surface area contributed by atoms with Crippen molar-refractivity contribution in [2.45, 2.75) is 26.2 Å². The van der Waals surface area contributed by atoms with Gasteiger partial charge >= 0.3 is 0 Å². The third-order valence-corrected chi connectivity index (χ3v) is 4.74. The molecular formula is C19H20N2O2S. The fraction of sp³-hybridized carbons (Fsp3) is 0.316. The van der Waals surface area contributed by atoms with Gasteiger partial charge in [-0.2, -0.15) is 4.98 Å². The second kappa shape index (κ2) is 8.13. The number of fused-ring (bicyclic) bond motifs is 1. The zero-order chi connectivity index (χ0) is 16.8. The van der Waals surface area contributed by atoms with E-state index in [1.54, 1.807) is 0 Å². The first-order valence-corrected chi connectivity index (χ1v) is 9.02. The van der Waals surface area contributed by atoms with Crippen LogP contribution in [0.25, 0.3) is 20.8 Å². The van der Waals surface area contributed by atoms with Gasteiger partial charge in [0.15, 0.2) is 0 Å². The lowest BCUT2D eigenvalue weighted by Gasteiger charge is -2.04. The molecule has 24 heavy (non-hydrogen) atoms. The smallest absolute Gasteiger partial charge is 0.279 e. The zero-order valence-corrected chi connectivity index (χ0v) is 14.5. The van der Waals surface area contributed by atoms with E-state index in [9.17, 15) is 4.79 Å². The summed E-state index contributed by atoms with van der Waals surface area (Å²) in [6.07, 6.45) is 4.85. The van der Waals surface area contributed by atoms with Crippen LogP contribution in [0, 0.1) is 0 Å². The van der Waals surface area contributed by atoms with Crippen LogP contribution in [-0.4, -0.2) is 23.2 Å². The van der Waals surface area contributed by atoms with Crippen LogP contribution in [0.2, 0.25) is 0 Å². The second-order valence-electron chi connectivity index (χ2n) is 5.59. The summed E-state index contributed by atoms with van der Waals surface area (Å²) in [7, 11) is 0. The molecule has 2 heterocycles. The van der Waals surface area contributed by atoms with Crippen molar-refractivity contribution in [2.24, 2.45) is 0 Å². The number of benzene rings is 1. The molecule has 0 radical (unpaired) electrons. The van der Waals surface area contributed by atoms with Crippen LogP contribution in [0.4, 0.5) is 0 Å². The predicted octanol–water partition coefficient (Wildman–Crippen LogP) is 4.08. The second-order valence-corrected chi connectivity index (χ2v) is 6.62. The van der Waals surface area contributed by atoms with Gasteiger partial charge in [0.05, 0.1) is 11.1 Å². The van der Waals surface area contributed by atoms with Crippen LogP contribution in [0.3, 0.4) is 0 Å². The van der Waals surface area contributed by atoms with Gasteiger partial charge in [0.25, 0.3) is 5.56 Å². The van der Waals surface area contributed by atoms with E-state index in [0.717, 1.165) is 42.9 Å². The van der Waals surface area contributed by atoms with Crippen molar-refractivity contribution in [1.29, 1.82) is 0 Å². The van der Waals surface area contributed by atoms with Crippen LogP contribution in [-0.2, 0) is 11.2 Å². The molecule has 3 rings (SSSR count). The lowest BCUT2D eigenvalue weighted by atomic mass is 10.1. The van der Waals surface area contributed by atoms with E-state index < -0.39 is 0 Å². The molecule has 0 aliphatic carbocycles. The van der Waals surface area contributed by atoms with Gasteiger partial charge in [0.1, 0.15) is 5.01 Å². The summed E-state index contributed by atoms with van der Waals surface area (Å²) in [5.41, 5.74) is 1.72. The van der Waals surface area contributed by atoms with E-state index in [-0.39, 0.29) is 5.56 Å². The number of rotatable bonds is 7. The van der Waals surface area contributed by atoms with Crippen molar-refractivity contribution in [1.82, 2.24) is 9.97 Å². The Morgan fingerprint density at radius 1 is 1.12 bits per heavy atom. The monoisotopic (exact) mass is 340 g/mol. The van der Waals surface area contributed by atoms with Gasteiger partial charge in [-0.15, -0.1) is 11.3 Å². The minimum absolute atomic E-state index is 0.196. The van der Waals surface area contributed by atoms with Gasteiger partial charge in [-0.05, 0) is 43.0 Å². The van der Waals surface area contributed by atoms with Crippen LogP contribution in [0.15, 0.2) is 47.4 Å². The molecule has 0 amide bonds. The highest BCUT2D eigenvalue weighted by Crippen LogP contribution is 2.24. The lowest BCUT2D eigenvalue weighted by molar-refractivity contribution is 0.132. The molecule has 1 aromatic carbocycles. The Bertz CT molecular complexity index is 859. The van der Waals surface area contributed by atoms with Crippen LogP contribution >= 0.6 is 11.3 Å². The Kier molecular flexibility index (Phi) is 5.67. The highest BCUT2D eigenvalue weighted by molar-refractivity contribution is 7.21. The first kappa shape index (κ1) is 16.7. The Morgan fingerprint density at radius 2 is 2.00 bits per heavy atom. The minimum Gasteiger partial charge on any atom is -0.381 e. The van der Waals surface area contributed by atoms with Crippen molar-refractivity contribution < 1.29 is 4.74 Å². The molecule has 0 unspecified atom stereocenters. The van der Waals surface area contributed by atoms with Crippen LogP contribution in [0.5, 0.6) is 0 Å². The third kappa shape index (κ3) is 4.04. The Morgan fingerprint density at radius 3 is 2.79 bits per heavy atom. The fourth-order valence-corrected chi connectivity index (χ4v) is 3.42. The Balaban J connectivity index is 1.73. The topological polar surface area (TPSA) is 52.1 Å². The van der Waals surface area contributed by atoms with E-state index in [0.29, 0.717) is 10.4 Å². The quantitative estimate of drug-likeness (QED) is 0.608. The van der Waals surface area contributed by atoms with Gasteiger partial charge in [-0.1, -0.05) is 25.1 Å². The highest BCUT2D eigenvalue weighted by atomic mass is 32.1. The summed E-state index contributed by atoms with van der Waals surface area (Å²) < 4.78 is 6.42. The molecule has 0 aliphatic rings. The van der Waals surface area contributed by atoms with Gasteiger partial charge in [0.2, 0.25) is 0 Å². The number of aryl methyl sites for hydroxylation is 1. The van der Waals surface area contributed by atoms with Crippen LogP contribution < -0.4 is 5.56 Å². The molecular weight excluding hydrogens is 320 g/mol. The van der Waals surface area contributed by atoms with Gasteiger partial charge < -0.3 is 4.74 Å². The standard InChI is InChI=1S/C19H20N2O2S/c1-2-11-23-12-5-6-14-9-10-16(20-13-14)19-21-18(22)15-7-3-4-8-17(15)24-19/h3-4,7-10,13H,2,5-6,11-12H2,1H3. The fourth-order valence-electron chi connectivity index (χ4n) is 2.44. The average Bonchev–Trinajstić information content (AvgIpc) is 2.62. The molecule has 5 heteroatoms. The van der Waals surface area contributed by atoms with E-state index in [4.69, 9.17) is 4.74 Å². The predicted molar refractivity (Wildman–Crippen MR) is 98.6 cm³/mol. The van der Waals surface area contributed by atoms with Crippen molar-refractivity contribution in [3.05, 3.63) is 58.5 Å². The SMILES string of the molecule is CCCOCCCc1ccc(-c2nc(=O)c3ccccc3s2)nc1. The Hall–Kier alpha value is -2.11. The zero-order valence-electron chi connectivity index (χ0n) is 13.7. The summed E-state index contributed by atoms with van der Waals surface area (Å²) in [4.78, 5) is 20.8. The van der Waals surface area contributed by atoms with Gasteiger partial charge in [-0.25, -0.2) is 0 Å². The maximum absolute atomic E-state index is 12.1. The Labute approximate surface area is 145 Å². The molecule has 124 valence electrons. The molecule has 0 bridgehead atoms. The maximum Gasteiger partial charge on any atom is 0.279 e. The van der Waals surface area contributed by atoms with E-state index in [1.807, 2.05) is 36.5 Å². The largest absolute Gasteiger partial charge is 0.381 e. The summed E-state index contributed by atoms with van der Waals surface area (Å²) in [5, 5.41) is 1.33. The number of hydrogen-bond donors (Lipinski definition) is 0. The third-order valence-electron chi connectivity index (χ3n) is 3.67. The average molecular weight is 340 g/mol. The van der Waals surface area contributed by atoms with Crippen molar-refractivity contribution in [2.75, 3.05) is 13.2 Å². The molecule has 4 nitrogen and oxygen atoms in total. The van der Waals surface area contributed by atoms with E-state index in [1.165, 1.54) is 16.9 Å². The molecule has 0 saturated carbocycles. The normalized spacial score (nSPS) is 11.0. The number of aromatic nitrogens is 2. The minimum atomic E-state index is -0.196. The molecule has 2 aromatic heterocycles. The van der Waals surface area contributed by atoms with Gasteiger partial charge in [-0.3, -0.25) is 9.78 Å². The maximum atomic E-state index is 12.1. The van der Waals surface area contributed by atoms with Crippen molar-refractivity contribution in [3.63, 3.8) is 0 Å². The number of pyridine rings is 1. The molecule has 0 fully saturated rings. The molecule has 0 aliphatic heterocycles. The first-order valence-electron chi connectivity index (χ1n) is 8.21. The summed E-state index contributed by atoms with van der Waals surface area (Å²) in [6.45, 7) is 3.71. The van der Waals surface area contributed by atoms with E-state index >= 15 is 0 Å². The van der Waals surface area contributed by atoms with Crippen LogP contribution in [0.1, 0.15) is 25.3 Å². The molecule has 0 saturated heterocycles.